The normalized spacial score (nSPS) is 14.5. The second-order valence-corrected chi connectivity index (χ2v) is 12.3. The van der Waals surface area contributed by atoms with Crippen LogP contribution in [0.25, 0.3) is 11.5 Å². The topological polar surface area (TPSA) is 113 Å². The molecule has 2 atom stereocenters. The van der Waals surface area contributed by atoms with Crippen molar-refractivity contribution in [2.75, 3.05) is 19.6 Å². The van der Waals surface area contributed by atoms with E-state index in [1.54, 1.807) is 34.1 Å². The molecular weight excluding hydrogens is 614 g/mol. The van der Waals surface area contributed by atoms with Gasteiger partial charge in [-0.15, -0.1) is 6.42 Å². The van der Waals surface area contributed by atoms with Gasteiger partial charge in [0.1, 0.15) is 17.9 Å². The van der Waals surface area contributed by atoms with Crippen LogP contribution in [0.3, 0.4) is 0 Å². The number of aromatic nitrogens is 1. The molecule has 250 valence electrons. The molecule has 5 rings (SSSR count). The van der Waals surface area contributed by atoms with Crippen molar-refractivity contribution in [3.8, 4) is 23.8 Å². The molecule has 3 aromatic carbocycles. The van der Waals surface area contributed by atoms with Crippen LogP contribution >= 0.6 is 0 Å². The molecule has 0 saturated heterocycles. The van der Waals surface area contributed by atoms with Gasteiger partial charge in [-0.25, -0.2) is 13.8 Å². The second-order valence-electron chi connectivity index (χ2n) is 12.3. The molecule has 0 unspecified atom stereocenters. The van der Waals surface area contributed by atoms with Crippen molar-refractivity contribution in [2.24, 2.45) is 5.73 Å². The van der Waals surface area contributed by atoms with Crippen molar-refractivity contribution in [3.05, 3.63) is 113 Å². The average Bonchev–Trinajstić information content (AvgIpc) is 3.69. The predicted octanol–water partition coefficient (Wildman–Crippen LogP) is 5.93. The third-order valence-corrected chi connectivity index (χ3v) is 8.69. The molecule has 1 heterocycles. The van der Waals surface area contributed by atoms with Crippen LogP contribution in [0.2, 0.25) is 0 Å². The number of terminal acetylenes is 1. The zero-order valence-electron chi connectivity index (χ0n) is 27.2. The number of aliphatic hydroxyl groups is 1. The molecule has 0 spiro atoms. The minimum absolute atomic E-state index is 0.0273. The van der Waals surface area contributed by atoms with Crippen LogP contribution < -0.4 is 5.73 Å². The lowest BCUT2D eigenvalue weighted by molar-refractivity contribution is 0.0409. The van der Waals surface area contributed by atoms with Crippen LogP contribution in [0.4, 0.5) is 8.78 Å². The molecule has 48 heavy (non-hydrogen) atoms. The molecule has 1 fully saturated rings. The first kappa shape index (κ1) is 34.5. The van der Waals surface area contributed by atoms with Crippen LogP contribution in [0.5, 0.6) is 0 Å². The van der Waals surface area contributed by atoms with Gasteiger partial charge in [0.2, 0.25) is 5.89 Å². The van der Waals surface area contributed by atoms with E-state index in [0.717, 1.165) is 24.5 Å². The summed E-state index contributed by atoms with van der Waals surface area (Å²) in [7, 11) is 0. The van der Waals surface area contributed by atoms with Gasteiger partial charge in [0.25, 0.3) is 11.8 Å². The van der Waals surface area contributed by atoms with E-state index in [1.807, 2.05) is 32.0 Å². The fourth-order valence-corrected chi connectivity index (χ4v) is 6.20. The standard InChI is InChI=1S/C38H40F2N4O4/c1-4-13-43(14-5-2)36(46)28-20-27(35-42-12-15-48-35)21-29(22-28)37(47)44(38(10-11-38)30-9-7-8-25(6-3)16-30)24-34(45)33(41)19-26-17-31(39)23-32(40)18-26/h3,7-9,12,15-18,20-23,33-34,45H,4-5,10-11,13-14,19,24,41H2,1-2H3/t33-,34+/m0/s1. The summed E-state index contributed by atoms with van der Waals surface area (Å²) in [6.45, 7) is 4.91. The largest absolute Gasteiger partial charge is 0.445 e. The van der Waals surface area contributed by atoms with Gasteiger partial charge in [0.15, 0.2) is 0 Å². The summed E-state index contributed by atoms with van der Waals surface area (Å²) in [6.07, 6.45) is 10.0. The minimum Gasteiger partial charge on any atom is -0.445 e. The maximum Gasteiger partial charge on any atom is 0.254 e. The zero-order chi connectivity index (χ0) is 34.4. The van der Waals surface area contributed by atoms with Gasteiger partial charge in [-0.1, -0.05) is 31.9 Å². The van der Waals surface area contributed by atoms with Crippen LogP contribution in [0, 0.1) is 24.0 Å². The van der Waals surface area contributed by atoms with E-state index in [-0.39, 0.29) is 35.9 Å². The van der Waals surface area contributed by atoms with Gasteiger partial charge in [-0.2, -0.15) is 0 Å². The van der Waals surface area contributed by atoms with Gasteiger partial charge in [-0.05, 0) is 85.7 Å². The fraction of sp³-hybridized carbons (Fsp3) is 0.342. The second kappa shape index (κ2) is 14.9. The van der Waals surface area contributed by atoms with Gasteiger partial charge in [0, 0.05) is 54.0 Å². The van der Waals surface area contributed by atoms with E-state index < -0.39 is 35.2 Å². The number of oxazole rings is 1. The van der Waals surface area contributed by atoms with Crippen LogP contribution in [-0.2, 0) is 12.0 Å². The highest BCUT2D eigenvalue weighted by atomic mass is 19.1. The Bertz CT molecular complexity index is 1770. The minimum atomic E-state index is -1.27. The number of aliphatic hydroxyl groups excluding tert-OH is 1. The summed E-state index contributed by atoms with van der Waals surface area (Å²) < 4.78 is 33.4. The van der Waals surface area contributed by atoms with Gasteiger partial charge in [0.05, 0.1) is 17.8 Å². The average molecular weight is 655 g/mol. The highest BCUT2D eigenvalue weighted by Gasteiger charge is 2.52. The number of carbonyl (C=O) groups is 2. The third kappa shape index (κ3) is 7.64. The first-order valence-corrected chi connectivity index (χ1v) is 16.2. The summed E-state index contributed by atoms with van der Waals surface area (Å²) in [5.41, 5.74) is 8.27. The van der Waals surface area contributed by atoms with Crippen LogP contribution in [0.1, 0.15) is 76.9 Å². The molecular formula is C38H40F2N4O4. The lowest BCUT2D eigenvalue weighted by Gasteiger charge is -2.36. The maximum atomic E-state index is 14.7. The fourth-order valence-electron chi connectivity index (χ4n) is 6.20. The van der Waals surface area contributed by atoms with E-state index in [4.69, 9.17) is 16.6 Å². The van der Waals surface area contributed by atoms with Gasteiger partial charge in [-0.3, -0.25) is 9.59 Å². The van der Waals surface area contributed by atoms with Gasteiger partial charge < -0.3 is 25.1 Å². The lowest BCUT2D eigenvalue weighted by atomic mass is 9.96. The molecule has 4 aromatic rings. The summed E-state index contributed by atoms with van der Waals surface area (Å²) in [6, 6.07) is 14.4. The summed E-state index contributed by atoms with van der Waals surface area (Å²) >= 11 is 0. The molecule has 0 bridgehead atoms. The third-order valence-electron chi connectivity index (χ3n) is 8.69. The first-order valence-electron chi connectivity index (χ1n) is 16.2. The van der Waals surface area contributed by atoms with Crippen molar-refractivity contribution in [2.45, 2.75) is 63.6 Å². The number of benzene rings is 3. The molecule has 0 radical (unpaired) electrons. The van der Waals surface area contributed by atoms with E-state index in [0.29, 0.717) is 42.6 Å². The molecule has 10 heteroatoms. The van der Waals surface area contributed by atoms with E-state index in [1.165, 1.54) is 24.6 Å². The Balaban J connectivity index is 1.56. The predicted molar refractivity (Wildman–Crippen MR) is 179 cm³/mol. The Kier molecular flexibility index (Phi) is 10.7. The highest BCUT2D eigenvalue weighted by Crippen LogP contribution is 2.52. The lowest BCUT2D eigenvalue weighted by Crippen LogP contribution is -2.50. The van der Waals surface area contributed by atoms with Crippen LogP contribution in [-0.4, -0.2) is 63.5 Å². The van der Waals surface area contributed by atoms with Crippen molar-refractivity contribution in [1.82, 2.24) is 14.8 Å². The van der Waals surface area contributed by atoms with Crippen molar-refractivity contribution in [3.63, 3.8) is 0 Å². The number of nitrogens with zero attached hydrogens (tertiary/aromatic N) is 3. The summed E-state index contributed by atoms with van der Waals surface area (Å²) in [5.74, 6) is 0.726. The SMILES string of the molecule is C#Cc1cccc(C2(N(C[C@@H](O)[C@@H](N)Cc3cc(F)cc(F)c3)C(=O)c3cc(C(=O)N(CCC)CCC)cc(-c4ncco4)c3)CC2)c1. The Hall–Kier alpha value is -4.85. The number of rotatable bonds is 14. The summed E-state index contributed by atoms with van der Waals surface area (Å²) in [4.78, 5) is 36.1. The smallest absolute Gasteiger partial charge is 0.254 e. The van der Waals surface area contributed by atoms with E-state index >= 15 is 0 Å². The molecule has 3 N–H and O–H groups in total. The number of carbonyl (C=O) groups excluding carboxylic acids is 2. The highest BCUT2D eigenvalue weighted by molar-refractivity contribution is 6.01. The van der Waals surface area contributed by atoms with Crippen LogP contribution in [0.15, 0.2) is 77.5 Å². The molecule has 1 aliphatic rings. The molecule has 8 nitrogen and oxygen atoms in total. The maximum absolute atomic E-state index is 14.7. The van der Waals surface area contributed by atoms with Crippen molar-refractivity contribution >= 4 is 11.8 Å². The zero-order valence-corrected chi connectivity index (χ0v) is 27.2. The van der Waals surface area contributed by atoms with Crippen molar-refractivity contribution in [1.29, 1.82) is 0 Å². The van der Waals surface area contributed by atoms with Gasteiger partial charge >= 0.3 is 0 Å². The number of nitrogens with two attached hydrogens (primary N) is 1. The quantitative estimate of drug-likeness (QED) is 0.163. The molecule has 0 aliphatic heterocycles. The summed E-state index contributed by atoms with van der Waals surface area (Å²) in [5, 5.41) is 11.4. The molecule has 2 amide bonds. The van der Waals surface area contributed by atoms with E-state index in [2.05, 4.69) is 10.9 Å². The van der Waals surface area contributed by atoms with E-state index in [9.17, 15) is 23.5 Å². The Labute approximate surface area is 279 Å². The molecule has 1 saturated carbocycles. The number of amides is 2. The monoisotopic (exact) mass is 654 g/mol. The molecule has 1 aromatic heterocycles. The Morgan fingerprint density at radius 1 is 1.02 bits per heavy atom. The Morgan fingerprint density at radius 2 is 1.69 bits per heavy atom. The molecule has 1 aliphatic carbocycles. The number of halogens is 2. The van der Waals surface area contributed by atoms with Crippen molar-refractivity contribution < 1.29 is 27.9 Å². The number of hydrogen-bond acceptors (Lipinski definition) is 6. The first-order chi connectivity index (χ1) is 23.1. The number of hydrogen-bond donors (Lipinski definition) is 2. The Morgan fingerprint density at radius 3 is 2.27 bits per heavy atom.